The van der Waals surface area contributed by atoms with Crippen LogP contribution in [0.5, 0.6) is 5.75 Å². The number of hydrogen-bond donors (Lipinski definition) is 1. The Bertz CT molecular complexity index is 410. The fraction of sp³-hybridized carbons (Fsp3) is 0.364. The maximum absolute atomic E-state index is 12.3. The van der Waals surface area contributed by atoms with Gasteiger partial charge in [0.2, 0.25) is 0 Å². The van der Waals surface area contributed by atoms with E-state index in [2.05, 4.69) is 5.32 Å². The highest BCUT2D eigenvalue weighted by Gasteiger charge is 2.30. The quantitative estimate of drug-likeness (QED) is 0.638. The molecule has 1 fully saturated rings. The largest absolute Gasteiger partial charge is 0.426 e. The molecule has 0 amide bonds. The van der Waals surface area contributed by atoms with Crippen molar-refractivity contribution >= 4 is 5.97 Å². The van der Waals surface area contributed by atoms with Crippen LogP contribution in [-0.4, -0.2) is 19.1 Å². The van der Waals surface area contributed by atoms with Crippen LogP contribution in [-0.2, 0) is 11.0 Å². The van der Waals surface area contributed by atoms with E-state index >= 15 is 0 Å². The fourth-order valence-electron chi connectivity index (χ4n) is 1.37. The topological polar surface area (TPSA) is 38.3 Å². The van der Waals surface area contributed by atoms with Gasteiger partial charge in [-0.05, 0) is 24.3 Å². The van der Waals surface area contributed by atoms with Crippen LogP contribution in [0.3, 0.4) is 0 Å². The van der Waals surface area contributed by atoms with Crippen molar-refractivity contribution in [1.29, 1.82) is 0 Å². The third-order valence-electron chi connectivity index (χ3n) is 2.51. The molecular formula is C11H10F3NO2. The molecule has 1 aromatic carbocycles. The van der Waals surface area contributed by atoms with E-state index in [9.17, 15) is 18.0 Å². The molecule has 0 atom stereocenters. The summed E-state index contributed by atoms with van der Waals surface area (Å²) in [6, 6.07) is 4.07. The number of hydrogen-bond acceptors (Lipinski definition) is 3. The predicted molar refractivity (Wildman–Crippen MR) is 53.4 cm³/mol. The van der Waals surface area contributed by atoms with Crippen LogP contribution in [0.25, 0.3) is 0 Å². The number of ether oxygens (including phenoxy) is 1. The monoisotopic (exact) mass is 245 g/mol. The predicted octanol–water partition coefficient (Wildman–Crippen LogP) is 1.83. The molecule has 3 nitrogen and oxygen atoms in total. The molecule has 0 spiro atoms. The standard InChI is InChI=1S/C11H10F3NO2/c12-11(13,14)8-1-3-9(4-2-8)17-10(16)7-5-15-6-7/h1-4,7,15H,5-6H2. The van der Waals surface area contributed by atoms with Gasteiger partial charge in [-0.3, -0.25) is 4.79 Å². The molecule has 1 aliphatic heterocycles. The van der Waals surface area contributed by atoms with E-state index in [1.807, 2.05) is 0 Å². The van der Waals surface area contributed by atoms with E-state index < -0.39 is 17.7 Å². The van der Waals surface area contributed by atoms with Gasteiger partial charge < -0.3 is 10.1 Å². The van der Waals surface area contributed by atoms with Crippen molar-refractivity contribution in [3.05, 3.63) is 29.8 Å². The lowest BCUT2D eigenvalue weighted by Crippen LogP contribution is -2.48. The Labute approximate surface area is 95.6 Å². The first-order valence-corrected chi connectivity index (χ1v) is 5.06. The van der Waals surface area contributed by atoms with E-state index in [1.165, 1.54) is 0 Å². The van der Waals surface area contributed by atoms with E-state index in [1.54, 1.807) is 0 Å². The van der Waals surface area contributed by atoms with Crippen LogP contribution in [0.2, 0.25) is 0 Å². The number of alkyl halides is 3. The molecule has 0 radical (unpaired) electrons. The summed E-state index contributed by atoms with van der Waals surface area (Å²) < 4.78 is 41.7. The minimum Gasteiger partial charge on any atom is -0.426 e. The third kappa shape index (κ3) is 2.76. The highest BCUT2D eigenvalue weighted by atomic mass is 19.4. The van der Waals surface area contributed by atoms with Crippen molar-refractivity contribution in [1.82, 2.24) is 5.32 Å². The normalized spacial score (nSPS) is 16.4. The van der Waals surface area contributed by atoms with Crippen LogP contribution in [0, 0.1) is 5.92 Å². The molecule has 1 aliphatic rings. The van der Waals surface area contributed by atoms with Crippen LogP contribution in [0.1, 0.15) is 5.56 Å². The minimum absolute atomic E-state index is 0.134. The molecule has 0 bridgehead atoms. The van der Waals surface area contributed by atoms with Crippen molar-refractivity contribution in [2.45, 2.75) is 6.18 Å². The molecule has 1 aromatic rings. The van der Waals surface area contributed by atoms with E-state index in [0.29, 0.717) is 13.1 Å². The molecular weight excluding hydrogens is 235 g/mol. The number of rotatable bonds is 2. The van der Waals surface area contributed by atoms with Gasteiger partial charge in [-0.25, -0.2) is 0 Å². The Hall–Kier alpha value is -1.56. The van der Waals surface area contributed by atoms with Gasteiger partial charge >= 0.3 is 12.1 Å². The van der Waals surface area contributed by atoms with Gasteiger partial charge in [-0.15, -0.1) is 0 Å². The summed E-state index contributed by atoms with van der Waals surface area (Å²) >= 11 is 0. The summed E-state index contributed by atoms with van der Waals surface area (Å²) in [5.41, 5.74) is -0.761. The number of carbonyl (C=O) groups is 1. The van der Waals surface area contributed by atoms with E-state index in [4.69, 9.17) is 4.74 Å². The summed E-state index contributed by atoms with van der Waals surface area (Å²) in [5.74, 6) is -0.476. The van der Waals surface area contributed by atoms with Crippen molar-refractivity contribution in [3.63, 3.8) is 0 Å². The zero-order valence-corrected chi connectivity index (χ0v) is 8.75. The third-order valence-corrected chi connectivity index (χ3v) is 2.51. The first-order valence-electron chi connectivity index (χ1n) is 5.06. The van der Waals surface area contributed by atoms with Gasteiger partial charge in [0.15, 0.2) is 0 Å². The Balaban J connectivity index is 2.00. The van der Waals surface area contributed by atoms with Crippen molar-refractivity contribution in [3.8, 4) is 5.75 Å². The molecule has 92 valence electrons. The molecule has 1 heterocycles. The van der Waals surface area contributed by atoms with Crippen molar-refractivity contribution < 1.29 is 22.7 Å². The average molecular weight is 245 g/mol. The fourth-order valence-corrected chi connectivity index (χ4v) is 1.37. The second kappa shape index (κ2) is 4.37. The highest BCUT2D eigenvalue weighted by molar-refractivity contribution is 5.76. The molecule has 1 saturated heterocycles. The Morgan fingerprint density at radius 1 is 1.24 bits per heavy atom. The second-order valence-corrected chi connectivity index (χ2v) is 3.80. The van der Waals surface area contributed by atoms with Gasteiger partial charge in [0.25, 0.3) is 0 Å². The van der Waals surface area contributed by atoms with Crippen LogP contribution in [0.4, 0.5) is 13.2 Å². The van der Waals surface area contributed by atoms with Crippen LogP contribution in [0.15, 0.2) is 24.3 Å². The lowest BCUT2D eigenvalue weighted by atomic mass is 10.0. The molecule has 17 heavy (non-hydrogen) atoms. The Morgan fingerprint density at radius 3 is 2.24 bits per heavy atom. The molecule has 0 unspecified atom stereocenters. The minimum atomic E-state index is -4.37. The Morgan fingerprint density at radius 2 is 1.82 bits per heavy atom. The molecule has 0 aliphatic carbocycles. The first kappa shape index (κ1) is 11.9. The molecule has 0 saturated carbocycles. The highest BCUT2D eigenvalue weighted by Crippen LogP contribution is 2.30. The van der Waals surface area contributed by atoms with Gasteiger partial charge in [0.1, 0.15) is 5.75 Å². The zero-order valence-electron chi connectivity index (χ0n) is 8.75. The average Bonchev–Trinajstić information content (AvgIpc) is 2.13. The van der Waals surface area contributed by atoms with Crippen molar-refractivity contribution in [2.75, 3.05) is 13.1 Å². The molecule has 2 rings (SSSR count). The lowest BCUT2D eigenvalue weighted by molar-refractivity contribution is -0.140. The molecule has 0 aromatic heterocycles. The summed E-state index contributed by atoms with van der Waals surface area (Å²) in [5, 5.41) is 2.91. The van der Waals surface area contributed by atoms with Gasteiger partial charge in [-0.2, -0.15) is 13.2 Å². The zero-order chi connectivity index (χ0) is 12.5. The van der Waals surface area contributed by atoms with Crippen molar-refractivity contribution in [2.24, 2.45) is 5.92 Å². The molecule has 6 heteroatoms. The van der Waals surface area contributed by atoms with Crippen LogP contribution >= 0.6 is 0 Å². The van der Waals surface area contributed by atoms with E-state index in [-0.39, 0.29) is 11.7 Å². The molecule has 1 N–H and O–H groups in total. The van der Waals surface area contributed by atoms with Crippen LogP contribution < -0.4 is 10.1 Å². The maximum atomic E-state index is 12.3. The smallest absolute Gasteiger partial charge is 0.416 e. The number of esters is 1. The number of halogens is 3. The second-order valence-electron chi connectivity index (χ2n) is 3.80. The summed E-state index contributed by atoms with van der Waals surface area (Å²) in [7, 11) is 0. The SMILES string of the molecule is O=C(Oc1ccc(C(F)(F)F)cc1)C1CNC1. The summed E-state index contributed by atoms with van der Waals surface area (Å²) in [6.07, 6.45) is -4.37. The maximum Gasteiger partial charge on any atom is 0.416 e. The van der Waals surface area contributed by atoms with Gasteiger partial charge in [0, 0.05) is 13.1 Å². The number of carbonyl (C=O) groups excluding carboxylic acids is 1. The summed E-state index contributed by atoms with van der Waals surface area (Å²) in [6.45, 7) is 1.11. The Kier molecular flexibility index (Phi) is 3.06. The van der Waals surface area contributed by atoms with Gasteiger partial charge in [-0.1, -0.05) is 0 Å². The van der Waals surface area contributed by atoms with Gasteiger partial charge in [0.05, 0.1) is 11.5 Å². The lowest BCUT2D eigenvalue weighted by Gasteiger charge is -2.24. The summed E-state index contributed by atoms with van der Waals surface area (Å²) in [4.78, 5) is 11.4. The number of benzene rings is 1. The van der Waals surface area contributed by atoms with E-state index in [0.717, 1.165) is 24.3 Å². The number of nitrogens with one attached hydrogen (secondary N) is 1. The first-order chi connectivity index (χ1) is 7.97.